The van der Waals surface area contributed by atoms with Crippen LogP contribution in [-0.4, -0.2) is 84.4 Å². The van der Waals surface area contributed by atoms with Gasteiger partial charge in [0, 0.05) is 24.7 Å². The third-order valence-corrected chi connectivity index (χ3v) is 5.60. The van der Waals surface area contributed by atoms with Crippen molar-refractivity contribution in [1.29, 1.82) is 0 Å². The number of nitrogens with one attached hydrogen (secondary N) is 1. The highest BCUT2D eigenvalue weighted by molar-refractivity contribution is 7.99. The van der Waals surface area contributed by atoms with Crippen molar-refractivity contribution in [2.45, 2.75) is 61.6 Å². The van der Waals surface area contributed by atoms with E-state index in [0.717, 1.165) is 5.69 Å². The van der Waals surface area contributed by atoms with Gasteiger partial charge in [0.15, 0.2) is 0 Å². The molecule has 0 aromatic carbocycles. The number of aromatic nitrogens is 2. The molecule has 0 saturated carbocycles. The molecule has 0 bridgehead atoms. The van der Waals surface area contributed by atoms with E-state index in [-0.39, 0.29) is 5.78 Å². The van der Waals surface area contributed by atoms with Crippen molar-refractivity contribution < 1.29 is 30.0 Å². The van der Waals surface area contributed by atoms with Crippen LogP contribution in [0.15, 0.2) is 12.5 Å². The Morgan fingerprint density at radius 3 is 2.73 bits per heavy atom. The molecule has 6 atom stereocenters. The van der Waals surface area contributed by atoms with Crippen molar-refractivity contribution >= 4 is 17.5 Å². The molecular formula is C16H27N3O6S. The average Bonchev–Trinajstić information content (AvgIpc) is 3.14. The minimum absolute atomic E-state index is 0.0163. The number of carbonyl (C=O) groups is 1. The van der Waals surface area contributed by atoms with Crippen LogP contribution < -0.4 is 5.73 Å². The number of nitrogens with two attached hydrogens (primary N) is 1. The molecule has 1 aliphatic rings. The monoisotopic (exact) mass is 389 g/mol. The standard InChI is InChI=1S/C16H27N3O6S/c17-10(5-9-6-18-8-19-9)11(21)3-1-2-4-26-16-15(24)14(23)13(22)12(7-20)25-16/h6,8,10,12-16,20,22-24H,1-5,7,17H2,(H,18,19)/t10-,12?,13?,14?,15?,16?/m1/s1. The van der Waals surface area contributed by atoms with Crippen molar-refractivity contribution in [3.8, 4) is 0 Å². The largest absolute Gasteiger partial charge is 0.394 e. The van der Waals surface area contributed by atoms with E-state index in [9.17, 15) is 20.1 Å². The molecule has 1 aromatic heterocycles. The van der Waals surface area contributed by atoms with E-state index in [1.54, 1.807) is 12.5 Å². The third kappa shape index (κ3) is 5.74. The predicted molar refractivity (Wildman–Crippen MR) is 95.4 cm³/mol. The maximum Gasteiger partial charge on any atom is 0.149 e. The minimum Gasteiger partial charge on any atom is -0.394 e. The molecule has 148 valence electrons. The third-order valence-electron chi connectivity index (χ3n) is 4.36. The first-order valence-electron chi connectivity index (χ1n) is 8.61. The van der Waals surface area contributed by atoms with Crippen molar-refractivity contribution in [3.05, 3.63) is 18.2 Å². The van der Waals surface area contributed by atoms with Crippen molar-refractivity contribution in [2.24, 2.45) is 5.73 Å². The number of carbonyl (C=O) groups excluding carboxylic acids is 1. The normalized spacial score (nSPS) is 30.3. The fourth-order valence-corrected chi connectivity index (χ4v) is 3.92. The summed E-state index contributed by atoms with van der Waals surface area (Å²) in [6.07, 6.45) is 0.509. The highest BCUT2D eigenvalue weighted by Gasteiger charge is 2.43. The quantitative estimate of drug-likeness (QED) is 0.263. The number of hydrogen-bond acceptors (Lipinski definition) is 9. The summed E-state index contributed by atoms with van der Waals surface area (Å²) in [7, 11) is 0. The fraction of sp³-hybridized carbons (Fsp3) is 0.750. The summed E-state index contributed by atoms with van der Waals surface area (Å²) in [5.74, 6) is 0.587. The molecule has 26 heavy (non-hydrogen) atoms. The summed E-state index contributed by atoms with van der Waals surface area (Å²) in [6, 6.07) is -0.562. The SMILES string of the molecule is N[C@H](Cc1cnc[nH]1)C(=O)CCCCSC1OC(CO)C(O)C(O)C1O. The molecule has 2 heterocycles. The van der Waals surface area contributed by atoms with Gasteiger partial charge in [-0.3, -0.25) is 4.79 Å². The number of rotatable bonds is 10. The second-order valence-electron chi connectivity index (χ2n) is 6.38. The smallest absolute Gasteiger partial charge is 0.149 e. The molecule has 0 amide bonds. The van der Waals surface area contributed by atoms with Crippen LogP contribution >= 0.6 is 11.8 Å². The summed E-state index contributed by atoms with van der Waals surface area (Å²) in [6.45, 7) is -0.440. The van der Waals surface area contributed by atoms with E-state index in [1.165, 1.54) is 11.8 Å². The zero-order valence-electron chi connectivity index (χ0n) is 14.4. The number of ketones is 1. The molecular weight excluding hydrogens is 362 g/mol. The Labute approximate surface area is 156 Å². The number of Topliss-reactive ketones (excluding diaryl/α,β-unsaturated/α-hetero) is 1. The molecule has 1 saturated heterocycles. The number of ether oxygens (including phenoxy) is 1. The highest BCUT2D eigenvalue weighted by atomic mass is 32.2. The van der Waals surface area contributed by atoms with Gasteiger partial charge < -0.3 is 35.9 Å². The molecule has 5 unspecified atom stereocenters. The molecule has 0 spiro atoms. The zero-order valence-corrected chi connectivity index (χ0v) is 15.2. The second-order valence-corrected chi connectivity index (χ2v) is 7.59. The van der Waals surface area contributed by atoms with Gasteiger partial charge in [0.1, 0.15) is 35.6 Å². The topological polar surface area (TPSA) is 162 Å². The summed E-state index contributed by atoms with van der Waals surface area (Å²) in [5, 5.41) is 38.6. The lowest BCUT2D eigenvalue weighted by molar-refractivity contribution is -0.205. The zero-order chi connectivity index (χ0) is 19.1. The van der Waals surface area contributed by atoms with Gasteiger partial charge in [0.25, 0.3) is 0 Å². The van der Waals surface area contributed by atoms with Crippen LogP contribution in [0.2, 0.25) is 0 Å². The van der Waals surface area contributed by atoms with Gasteiger partial charge in [0.05, 0.1) is 19.0 Å². The number of aliphatic hydroxyl groups is 4. The van der Waals surface area contributed by atoms with Crippen LogP contribution in [0.1, 0.15) is 25.0 Å². The number of aromatic amines is 1. The van der Waals surface area contributed by atoms with Crippen LogP contribution in [0.4, 0.5) is 0 Å². The van der Waals surface area contributed by atoms with E-state index < -0.39 is 42.5 Å². The molecule has 1 aliphatic heterocycles. The number of unbranched alkanes of at least 4 members (excludes halogenated alkanes) is 1. The van der Waals surface area contributed by atoms with Gasteiger partial charge in [0.2, 0.25) is 0 Å². The van der Waals surface area contributed by atoms with Crippen molar-refractivity contribution in [2.75, 3.05) is 12.4 Å². The van der Waals surface area contributed by atoms with Crippen molar-refractivity contribution in [1.82, 2.24) is 9.97 Å². The lowest BCUT2D eigenvalue weighted by Crippen LogP contribution is -2.57. The van der Waals surface area contributed by atoms with Crippen LogP contribution in [0.5, 0.6) is 0 Å². The first-order chi connectivity index (χ1) is 12.4. The Kier molecular flexibility index (Phi) is 8.48. The molecule has 2 rings (SSSR count). The highest BCUT2D eigenvalue weighted by Crippen LogP contribution is 2.29. The first kappa shape index (κ1) is 21.3. The van der Waals surface area contributed by atoms with Crippen LogP contribution in [0.3, 0.4) is 0 Å². The van der Waals surface area contributed by atoms with E-state index in [1.807, 2.05) is 0 Å². The Hall–Kier alpha value is -1.01. The molecule has 0 aliphatic carbocycles. The molecule has 1 fully saturated rings. The van der Waals surface area contributed by atoms with Crippen molar-refractivity contribution in [3.63, 3.8) is 0 Å². The van der Waals surface area contributed by atoms with Crippen LogP contribution in [0, 0.1) is 0 Å². The Morgan fingerprint density at radius 2 is 2.08 bits per heavy atom. The Morgan fingerprint density at radius 1 is 1.31 bits per heavy atom. The predicted octanol–water partition coefficient (Wildman–Crippen LogP) is -1.45. The molecule has 0 radical (unpaired) electrons. The average molecular weight is 389 g/mol. The van der Waals surface area contributed by atoms with Crippen LogP contribution in [-0.2, 0) is 16.0 Å². The van der Waals surface area contributed by atoms with Gasteiger partial charge >= 0.3 is 0 Å². The number of H-pyrrole nitrogens is 1. The van der Waals surface area contributed by atoms with Gasteiger partial charge in [-0.05, 0) is 18.6 Å². The van der Waals surface area contributed by atoms with Gasteiger partial charge in [-0.15, -0.1) is 11.8 Å². The summed E-state index contributed by atoms with van der Waals surface area (Å²) < 4.78 is 5.41. The van der Waals surface area contributed by atoms with Gasteiger partial charge in [-0.1, -0.05) is 0 Å². The van der Waals surface area contributed by atoms with E-state index >= 15 is 0 Å². The first-order valence-corrected chi connectivity index (χ1v) is 9.66. The Bertz CT molecular complexity index is 544. The van der Waals surface area contributed by atoms with Crippen LogP contribution in [0.25, 0.3) is 0 Å². The minimum atomic E-state index is -1.36. The van der Waals surface area contributed by atoms with Gasteiger partial charge in [-0.2, -0.15) is 0 Å². The van der Waals surface area contributed by atoms with E-state index in [0.29, 0.717) is 31.4 Å². The molecule has 9 nitrogen and oxygen atoms in total. The molecule has 7 N–H and O–H groups in total. The fourth-order valence-electron chi connectivity index (χ4n) is 2.74. The number of nitrogens with zero attached hydrogens (tertiary/aromatic N) is 1. The lowest BCUT2D eigenvalue weighted by atomic mass is 10.0. The molecule has 1 aromatic rings. The second kappa shape index (κ2) is 10.4. The summed E-state index contributed by atoms with van der Waals surface area (Å²) in [5.41, 5.74) is 5.98. The lowest BCUT2D eigenvalue weighted by Gasteiger charge is -2.39. The van der Waals surface area contributed by atoms with E-state index in [4.69, 9.17) is 15.6 Å². The number of hydrogen-bond donors (Lipinski definition) is 6. The number of thioether (sulfide) groups is 1. The molecule has 10 heteroatoms. The van der Waals surface area contributed by atoms with E-state index in [2.05, 4.69) is 9.97 Å². The number of imidazole rings is 1. The summed E-state index contributed by atoms with van der Waals surface area (Å²) >= 11 is 1.28. The van der Waals surface area contributed by atoms with Gasteiger partial charge in [-0.25, -0.2) is 4.98 Å². The number of aliphatic hydroxyl groups excluding tert-OH is 4. The Balaban J connectivity index is 1.64. The summed E-state index contributed by atoms with van der Waals surface area (Å²) in [4.78, 5) is 18.8. The maximum absolute atomic E-state index is 12.0. The maximum atomic E-state index is 12.0.